The topological polar surface area (TPSA) is 59.8 Å². The van der Waals surface area contributed by atoms with Gasteiger partial charge in [-0.2, -0.15) is 0 Å². The number of anilines is 1. The van der Waals surface area contributed by atoms with E-state index in [1.807, 2.05) is 37.0 Å². The molecule has 34 heavy (non-hydrogen) atoms. The second kappa shape index (κ2) is 10.4. The summed E-state index contributed by atoms with van der Waals surface area (Å²) in [6.07, 6.45) is 9.01. The lowest BCUT2D eigenvalue weighted by atomic mass is 9.85. The highest BCUT2D eigenvalue weighted by atomic mass is 32.2. The minimum atomic E-state index is -0.114. The average molecular weight is 484 g/mol. The van der Waals surface area contributed by atoms with E-state index in [4.69, 9.17) is 8.92 Å². The van der Waals surface area contributed by atoms with Gasteiger partial charge in [0.15, 0.2) is 0 Å². The number of halogens is 1. The van der Waals surface area contributed by atoms with E-state index in [0.29, 0.717) is 12.0 Å². The van der Waals surface area contributed by atoms with Crippen molar-refractivity contribution in [2.45, 2.75) is 31.4 Å². The molecule has 0 spiro atoms. The molecule has 0 bridgehead atoms. The number of fused-ring (bicyclic) bond motifs is 3. The van der Waals surface area contributed by atoms with Crippen LogP contribution < -0.4 is 4.90 Å². The Kier molecular flexibility index (Phi) is 7.08. The summed E-state index contributed by atoms with van der Waals surface area (Å²) in [5, 5.41) is 9.47. The lowest BCUT2D eigenvalue weighted by molar-refractivity contribution is 0.155. The van der Waals surface area contributed by atoms with Gasteiger partial charge in [0.2, 0.25) is 0 Å². The molecule has 3 aromatic rings. The summed E-state index contributed by atoms with van der Waals surface area (Å²) in [7, 11) is 0. The van der Waals surface area contributed by atoms with Gasteiger partial charge in [-0.1, -0.05) is 12.1 Å². The molecule has 0 radical (unpaired) electrons. The van der Waals surface area contributed by atoms with Gasteiger partial charge in [0.05, 0.1) is 37.0 Å². The summed E-state index contributed by atoms with van der Waals surface area (Å²) in [5.74, 6) is 0.556. The maximum atomic E-state index is 14.6. The molecule has 6 nitrogen and oxygen atoms in total. The Morgan fingerprint density at radius 3 is 2.62 bits per heavy atom. The zero-order chi connectivity index (χ0) is 23.5. The number of phenols is 1. The number of ether oxygens (including phenoxy) is 1. The van der Waals surface area contributed by atoms with Crippen LogP contribution in [0.25, 0.3) is 11.3 Å². The first-order valence-corrected chi connectivity index (χ1v) is 12.9. The van der Waals surface area contributed by atoms with E-state index in [1.54, 1.807) is 24.3 Å². The number of rotatable bonds is 4. The lowest BCUT2D eigenvalue weighted by Crippen LogP contribution is -2.36. The molecule has 0 aliphatic carbocycles. The maximum Gasteiger partial charge on any atom is 0.129 e. The molecular weight excluding hydrogens is 453 g/mol. The van der Waals surface area contributed by atoms with Crippen molar-refractivity contribution in [3.8, 4) is 17.0 Å². The Bertz CT molecular complexity index is 1090. The molecule has 2 unspecified atom stereocenters. The molecule has 0 saturated carbocycles. The molecule has 6 rings (SSSR count). The Morgan fingerprint density at radius 1 is 1.12 bits per heavy atom. The highest BCUT2D eigenvalue weighted by Crippen LogP contribution is 2.46. The standard InChI is InChI=1S/C21H20FN3O.C5H10O2S/c22-18-3-1-2-17-19-12-23-13-25(19)21(20(17)18)14-8-10-24(11-9-14)15-4-6-16(26)7-5-15;1-8-7-5-2-3-6-4-5/h1-7,12-14,21,26H,8-11H2;5H,2-4H2,1H3. The van der Waals surface area contributed by atoms with E-state index in [9.17, 15) is 9.50 Å². The van der Waals surface area contributed by atoms with Crippen molar-refractivity contribution < 1.29 is 18.4 Å². The van der Waals surface area contributed by atoms with Gasteiger partial charge in [-0.3, -0.25) is 0 Å². The highest BCUT2D eigenvalue weighted by molar-refractivity contribution is 7.93. The summed E-state index contributed by atoms with van der Waals surface area (Å²) in [4.78, 5) is 6.63. The number of aromatic hydroxyl groups is 1. The van der Waals surface area contributed by atoms with E-state index in [2.05, 4.69) is 14.5 Å². The van der Waals surface area contributed by atoms with Gasteiger partial charge in [0.1, 0.15) is 11.6 Å². The zero-order valence-corrected chi connectivity index (χ0v) is 20.1. The second-order valence-corrected chi connectivity index (χ2v) is 9.45. The molecule has 2 atom stereocenters. The first-order chi connectivity index (χ1) is 16.7. The van der Waals surface area contributed by atoms with E-state index < -0.39 is 0 Å². The largest absolute Gasteiger partial charge is 0.508 e. The van der Waals surface area contributed by atoms with Gasteiger partial charge in [-0.15, -0.1) is 0 Å². The number of piperidine rings is 1. The van der Waals surface area contributed by atoms with Crippen LogP contribution in [0.3, 0.4) is 0 Å². The van der Waals surface area contributed by atoms with Gasteiger partial charge in [0.25, 0.3) is 0 Å². The van der Waals surface area contributed by atoms with Crippen molar-refractivity contribution in [3.05, 3.63) is 66.4 Å². The Morgan fingerprint density at radius 2 is 1.91 bits per heavy atom. The molecule has 4 heterocycles. The van der Waals surface area contributed by atoms with Crippen molar-refractivity contribution in [1.29, 1.82) is 0 Å². The number of phenolic OH excluding ortho intramolecular Hbond substituents is 1. The number of hydrogen-bond acceptors (Lipinski definition) is 6. The lowest BCUT2D eigenvalue weighted by Gasteiger charge is -2.37. The predicted octanol–water partition coefficient (Wildman–Crippen LogP) is 5.28. The van der Waals surface area contributed by atoms with Crippen molar-refractivity contribution in [1.82, 2.24) is 9.55 Å². The monoisotopic (exact) mass is 483 g/mol. The van der Waals surface area contributed by atoms with Crippen molar-refractivity contribution in [3.63, 3.8) is 0 Å². The third-order valence-corrected chi connectivity index (χ3v) is 7.38. The molecule has 0 amide bonds. The van der Waals surface area contributed by atoms with Crippen LogP contribution in [0.1, 0.15) is 30.9 Å². The van der Waals surface area contributed by atoms with Crippen molar-refractivity contribution in [2.75, 3.05) is 37.5 Å². The molecule has 3 aliphatic heterocycles. The molecule has 2 fully saturated rings. The minimum absolute atomic E-state index is 0.0330. The van der Waals surface area contributed by atoms with E-state index in [1.165, 1.54) is 12.0 Å². The van der Waals surface area contributed by atoms with Crippen LogP contribution in [0.15, 0.2) is 55.0 Å². The van der Waals surface area contributed by atoms with Crippen LogP contribution >= 0.6 is 12.0 Å². The summed E-state index contributed by atoms with van der Waals surface area (Å²) < 4.78 is 27.1. The maximum absolute atomic E-state index is 14.6. The summed E-state index contributed by atoms with van der Waals surface area (Å²) in [6.45, 7) is 3.51. The predicted molar refractivity (Wildman–Crippen MR) is 133 cm³/mol. The van der Waals surface area contributed by atoms with Gasteiger partial charge in [0, 0.05) is 49.2 Å². The van der Waals surface area contributed by atoms with Crippen LogP contribution in [0, 0.1) is 11.7 Å². The molecular formula is C26H30FN3O3S. The molecule has 1 aromatic heterocycles. The fourth-order valence-electron chi connectivity index (χ4n) is 5.26. The Hall–Kier alpha value is -2.55. The zero-order valence-electron chi connectivity index (χ0n) is 19.3. The third kappa shape index (κ3) is 4.67. The van der Waals surface area contributed by atoms with Crippen LogP contribution in [0.5, 0.6) is 5.75 Å². The molecule has 3 aliphatic rings. The quantitative estimate of drug-likeness (QED) is 0.509. The summed E-state index contributed by atoms with van der Waals surface area (Å²) in [6, 6.07) is 12.7. The molecule has 180 valence electrons. The van der Waals surface area contributed by atoms with Gasteiger partial charge >= 0.3 is 0 Å². The Balaban J connectivity index is 0.000000257. The van der Waals surface area contributed by atoms with Crippen molar-refractivity contribution >= 4 is 17.7 Å². The fraction of sp³-hybridized carbons (Fsp3) is 0.423. The summed E-state index contributed by atoms with van der Waals surface area (Å²) in [5.41, 5.74) is 3.95. The van der Waals surface area contributed by atoms with Crippen LogP contribution in [-0.2, 0) is 8.92 Å². The van der Waals surface area contributed by atoms with E-state index in [0.717, 1.165) is 68.1 Å². The van der Waals surface area contributed by atoms with Crippen LogP contribution in [-0.4, -0.2) is 53.3 Å². The Labute approximate surface area is 203 Å². The van der Waals surface area contributed by atoms with E-state index in [-0.39, 0.29) is 17.6 Å². The second-order valence-electron chi connectivity index (χ2n) is 8.92. The molecule has 8 heteroatoms. The summed E-state index contributed by atoms with van der Waals surface area (Å²) >= 11 is 1.42. The highest BCUT2D eigenvalue weighted by Gasteiger charge is 2.37. The first kappa shape index (κ1) is 23.2. The number of benzene rings is 2. The number of aromatic nitrogens is 2. The van der Waals surface area contributed by atoms with Crippen LogP contribution in [0.2, 0.25) is 0 Å². The van der Waals surface area contributed by atoms with Crippen LogP contribution in [0.4, 0.5) is 10.1 Å². The normalized spacial score (nSPS) is 21.6. The first-order valence-electron chi connectivity index (χ1n) is 11.8. The SMILES string of the molecule is CSOC1CCOC1.Oc1ccc(N2CCC(C3c4c(F)cccc4-c4cncn43)CC2)cc1. The number of hydrogen-bond donors (Lipinski definition) is 1. The number of nitrogens with zero attached hydrogens (tertiary/aromatic N) is 3. The average Bonchev–Trinajstić information content (AvgIpc) is 3.59. The minimum Gasteiger partial charge on any atom is -0.508 e. The smallest absolute Gasteiger partial charge is 0.129 e. The molecule has 1 N–H and O–H groups in total. The van der Waals surface area contributed by atoms with Gasteiger partial charge in [-0.05, 0) is 61.1 Å². The molecule has 2 saturated heterocycles. The van der Waals surface area contributed by atoms with Gasteiger partial charge in [-0.25, -0.2) is 9.37 Å². The number of imidazole rings is 1. The van der Waals surface area contributed by atoms with E-state index >= 15 is 0 Å². The third-order valence-electron chi connectivity index (χ3n) is 6.91. The molecule has 2 aromatic carbocycles. The van der Waals surface area contributed by atoms with Crippen molar-refractivity contribution in [2.24, 2.45) is 5.92 Å². The fourth-order valence-corrected chi connectivity index (χ4v) is 5.68. The van der Waals surface area contributed by atoms with Gasteiger partial charge < -0.3 is 23.5 Å².